The van der Waals surface area contributed by atoms with Crippen LogP contribution in [0, 0.1) is 0 Å². The van der Waals surface area contributed by atoms with E-state index in [0.717, 1.165) is 49.0 Å². The fourth-order valence-electron chi connectivity index (χ4n) is 2.22. The summed E-state index contributed by atoms with van der Waals surface area (Å²) in [4.78, 5) is 11.0. The van der Waals surface area contributed by atoms with Crippen LogP contribution in [-0.4, -0.2) is 35.6 Å². The Bertz CT molecular complexity index is 444. The standard InChI is InChI=1S/C14H18BrNO3/c15-6-3-10-9-11(14(17)18)1-2-13(10)19-12-4-7-16-8-5-12/h1-2,9,12,16H,3-8H2,(H,17,18). The average Bonchev–Trinajstić information content (AvgIpc) is 2.42. The van der Waals surface area contributed by atoms with Gasteiger partial charge in [0.05, 0.1) is 5.56 Å². The van der Waals surface area contributed by atoms with E-state index in [2.05, 4.69) is 21.2 Å². The van der Waals surface area contributed by atoms with Crippen LogP contribution in [0.2, 0.25) is 0 Å². The zero-order valence-corrected chi connectivity index (χ0v) is 12.3. The highest BCUT2D eigenvalue weighted by molar-refractivity contribution is 9.09. The number of carboxylic acid groups (broad SMARTS) is 1. The molecule has 1 aromatic rings. The Labute approximate surface area is 121 Å². The van der Waals surface area contributed by atoms with Gasteiger partial charge in [0.2, 0.25) is 0 Å². The van der Waals surface area contributed by atoms with E-state index >= 15 is 0 Å². The van der Waals surface area contributed by atoms with E-state index in [-0.39, 0.29) is 6.10 Å². The molecule has 104 valence electrons. The molecule has 0 aliphatic carbocycles. The first-order valence-electron chi connectivity index (χ1n) is 6.50. The van der Waals surface area contributed by atoms with Crippen LogP contribution >= 0.6 is 15.9 Å². The molecule has 1 aliphatic heterocycles. The van der Waals surface area contributed by atoms with Crippen molar-refractivity contribution in [2.24, 2.45) is 0 Å². The van der Waals surface area contributed by atoms with Gasteiger partial charge in [-0.3, -0.25) is 0 Å². The molecule has 2 N–H and O–H groups in total. The maximum Gasteiger partial charge on any atom is 0.335 e. The quantitative estimate of drug-likeness (QED) is 0.815. The summed E-state index contributed by atoms with van der Waals surface area (Å²) in [5, 5.41) is 13.1. The van der Waals surface area contributed by atoms with Crippen LogP contribution in [0.15, 0.2) is 18.2 Å². The van der Waals surface area contributed by atoms with Gasteiger partial charge in [0.25, 0.3) is 0 Å². The second-order valence-corrected chi connectivity index (χ2v) is 5.43. The molecule has 19 heavy (non-hydrogen) atoms. The second-order valence-electron chi connectivity index (χ2n) is 4.63. The van der Waals surface area contributed by atoms with Gasteiger partial charge in [-0.2, -0.15) is 0 Å². The third-order valence-corrected chi connectivity index (χ3v) is 3.65. The number of ether oxygens (including phenoxy) is 1. The maximum absolute atomic E-state index is 11.0. The second kappa shape index (κ2) is 6.91. The average molecular weight is 328 g/mol. The monoisotopic (exact) mass is 327 g/mol. The molecule has 4 nitrogen and oxygen atoms in total. The Hall–Kier alpha value is -1.07. The lowest BCUT2D eigenvalue weighted by Crippen LogP contribution is -2.34. The Morgan fingerprint density at radius 2 is 2.16 bits per heavy atom. The number of benzene rings is 1. The van der Waals surface area contributed by atoms with E-state index in [4.69, 9.17) is 9.84 Å². The summed E-state index contributed by atoms with van der Waals surface area (Å²) < 4.78 is 6.02. The predicted octanol–water partition coefficient (Wildman–Crippen LogP) is 2.45. The first kappa shape index (κ1) is 14.3. The van der Waals surface area contributed by atoms with Crippen molar-refractivity contribution in [3.05, 3.63) is 29.3 Å². The molecule has 1 saturated heterocycles. The normalized spacial score (nSPS) is 16.3. The fourth-order valence-corrected chi connectivity index (χ4v) is 2.64. The van der Waals surface area contributed by atoms with Gasteiger partial charge in [-0.15, -0.1) is 0 Å². The molecule has 1 aromatic carbocycles. The molecule has 5 heteroatoms. The van der Waals surface area contributed by atoms with E-state index in [9.17, 15) is 4.79 Å². The highest BCUT2D eigenvalue weighted by atomic mass is 79.9. The van der Waals surface area contributed by atoms with Crippen molar-refractivity contribution in [2.75, 3.05) is 18.4 Å². The third kappa shape index (κ3) is 3.94. The van der Waals surface area contributed by atoms with Crippen molar-refractivity contribution in [3.63, 3.8) is 0 Å². The summed E-state index contributed by atoms with van der Waals surface area (Å²) in [7, 11) is 0. The molecule has 0 radical (unpaired) electrons. The van der Waals surface area contributed by atoms with Crippen LogP contribution in [-0.2, 0) is 6.42 Å². The minimum absolute atomic E-state index is 0.228. The minimum Gasteiger partial charge on any atom is -0.490 e. The molecule has 1 heterocycles. The number of halogens is 1. The molecule has 0 unspecified atom stereocenters. The molecule has 0 bridgehead atoms. The zero-order chi connectivity index (χ0) is 13.7. The third-order valence-electron chi connectivity index (χ3n) is 3.25. The molecular formula is C14H18BrNO3. The van der Waals surface area contributed by atoms with Crippen molar-refractivity contribution >= 4 is 21.9 Å². The Morgan fingerprint density at radius 1 is 1.42 bits per heavy atom. The van der Waals surface area contributed by atoms with Gasteiger partial charge >= 0.3 is 5.97 Å². The minimum atomic E-state index is -0.899. The number of aryl methyl sites for hydroxylation is 1. The van der Waals surface area contributed by atoms with Crippen LogP contribution in [0.1, 0.15) is 28.8 Å². The number of aromatic carboxylic acids is 1. The molecule has 0 amide bonds. The van der Waals surface area contributed by atoms with E-state index in [1.807, 2.05) is 0 Å². The van der Waals surface area contributed by atoms with E-state index in [1.54, 1.807) is 18.2 Å². The summed E-state index contributed by atoms with van der Waals surface area (Å²) in [6.45, 7) is 1.96. The number of rotatable bonds is 5. The Balaban J connectivity index is 2.15. The van der Waals surface area contributed by atoms with Crippen LogP contribution in [0.4, 0.5) is 0 Å². The lowest BCUT2D eigenvalue weighted by molar-refractivity contribution is 0.0696. The molecular weight excluding hydrogens is 310 g/mol. The van der Waals surface area contributed by atoms with Gasteiger partial charge in [-0.05, 0) is 56.1 Å². The molecule has 0 aromatic heterocycles. The van der Waals surface area contributed by atoms with Crippen molar-refractivity contribution in [3.8, 4) is 5.75 Å². The topological polar surface area (TPSA) is 58.6 Å². The summed E-state index contributed by atoms with van der Waals surface area (Å²) in [5.74, 6) is -0.0828. The van der Waals surface area contributed by atoms with Crippen LogP contribution in [0.3, 0.4) is 0 Å². The number of alkyl halides is 1. The van der Waals surface area contributed by atoms with Gasteiger partial charge in [-0.1, -0.05) is 15.9 Å². The van der Waals surface area contributed by atoms with Gasteiger partial charge < -0.3 is 15.2 Å². The fraction of sp³-hybridized carbons (Fsp3) is 0.500. The van der Waals surface area contributed by atoms with Crippen molar-refractivity contribution in [1.82, 2.24) is 5.32 Å². The van der Waals surface area contributed by atoms with Crippen molar-refractivity contribution in [1.29, 1.82) is 0 Å². The van der Waals surface area contributed by atoms with Crippen LogP contribution in [0.5, 0.6) is 5.75 Å². The summed E-state index contributed by atoms with van der Waals surface area (Å²) in [5.41, 5.74) is 1.27. The first-order valence-corrected chi connectivity index (χ1v) is 7.62. The highest BCUT2D eigenvalue weighted by Gasteiger charge is 2.17. The predicted molar refractivity (Wildman–Crippen MR) is 77.4 cm³/mol. The summed E-state index contributed by atoms with van der Waals surface area (Å²) in [6, 6.07) is 5.10. The van der Waals surface area contributed by atoms with Gasteiger partial charge in [0.1, 0.15) is 11.9 Å². The SMILES string of the molecule is O=C(O)c1ccc(OC2CCNCC2)c(CCBr)c1. The smallest absolute Gasteiger partial charge is 0.335 e. The number of carbonyl (C=O) groups is 1. The number of carboxylic acids is 1. The Morgan fingerprint density at radius 3 is 2.79 bits per heavy atom. The first-order chi connectivity index (χ1) is 9.20. The van der Waals surface area contributed by atoms with E-state index < -0.39 is 5.97 Å². The molecule has 0 atom stereocenters. The maximum atomic E-state index is 11.0. The molecule has 1 aliphatic rings. The molecule has 0 spiro atoms. The van der Waals surface area contributed by atoms with Gasteiger partial charge in [0, 0.05) is 5.33 Å². The van der Waals surface area contributed by atoms with E-state index in [1.165, 1.54) is 0 Å². The molecule has 0 saturated carbocycles. The number of hydrogen-bond acceptors (Lipinski definition) is 3. The summed E-state index contributed by atoms with van der Waals surface area (Å²) in [6.07, 6.45) is 2.98. The van der Waals surface area contributed by atoms with Crippen LogP contribution < -0.4 is 10.1 Å². The largest absolute Gasteiger partial charge is 0.490 e. The van der Waals surface area contributed by atoms with Crippen LogP contribution in [0.25, 0.3) is 0 Å². The Kier molecular flexibility index (Phi) is 5.22. The molecule has 1 fully saturated rings. The lowest BCUT2D eigenvalue weighted by Gasteiger charge is -2.25. The zero-order valence-electron chi connectivity index (χ0n) is 10.7. The highest BCUT2D eigenvalue weighted by Crippen LogP contribution is 2.24. The number of piperidine rings is 1. The van der Waals surface area contributed by atoms with Crippen molar-refractivity contribution in [2.45, 2.75) is 25.4 Å². The number of nitrogens with one attached hydrogen (secondary N) is 1. The van der Waals surface area contributed by atoms with E-state index in [0.29, 0.717) is 5.56 Å². The van der Waals surface area contributed by atoms with Gasteiger partial charge in [0.15, 0.2) is 0 Å². The number of hydrogen-bond donors (Lipinski definition) is 2. The van der Waals surface area contributed by atoms with Gasteiger partial charge in [-0.25, -0.2) is 4.79 Å². The molecule has 2 rings (SSSR count). The van der Waals surface area contributed by atoms with Crippen molar-refractivity contribution < 1.29 is 14.6 Å². The lowest BCUT2D eigenvalue weighted by atomic mass is 10.1. The summed E-state index contributed by atoms with van der Waals surface area (Å²) >= 11 is 3.39.